The molecular formula is C9H9N7. The van der Waals surface area contributed by atoms with Crippen LogP contribution in [0.15, 0.2) is 18.3 Å². The van der Waals surface area contributed by atoms with Crippen LogP contribution >= 0.6 is 0 Å². The Labute approximate surface area is 91.5 Å². The van der Waals surface area contributed by atoms with Gasteiger partial charge in [-0.1, -0.05) is 5.21 Å². The van der Waals surface area contributed by atoms with Crippen LogP contribution in [0.3, 0.4) is 0 Å². The maximum Gasteiger partial charge on any atom is 0.196 e. The molecule has 0 saturated carbocycles. The minimum absolute atomic E-state index is 0.0755. The number of rotatable bonds is 3. The summed E-state index contributed by atoms with van der Waals surface area (Å²) in [7, 11) is 0. The van der Waals surface area contributed by atoms with Gasteiger partial charge in [-0.15, -0.1) is 10.2 Å². The van der Waals surface area contributed by atoms with E-state index in [0.717, 1.165) is 5.69 Å². The van der Waals surface area contributed by atoms with E-state index in [9.17, 15) is 0 Å². The molecule has 2 N–H and O–H groups in total. The first-order valence-corrected chi connectivity index (χ1v) is 4.65. The highest BCUT2D eigenvalue weighted by Gasteiger charge is 2.09. The van der Waals surface area contributed by atoms with E-state index in [2.05, 4.69) is 30.9 Å². The molecule has 1 unspecified atom stereocenters. The lowest BCUT2D eigenvalue weighted by molar-refractivity contribution is 0.792. The van der Waals surface area contributed by atoms with Gasteiger partial charge in [-0.25, -0.2) is 4.98 Å². The van der Waals surface area contributed by atoms with E-state index < -0.39 is 0 Å². The normalized spacial score (nSPS) is 11.8. The second-order valence-electron chi connectivity index (χ2n) is 3.18. The molecule has 2 heterocycles. The number of nitrogens with one attached hydrogen (secondary N) is 2. The molecule has 80 valence electrons. The molecule has 0 aromatic carbocycles. The van der Waals surface area contributed by atoms with Crippen LogP contribution in [0.5, 0.6) is 0 Å². The van der Waals surface area contributed by atoms with E-state index in [0.29, 0.717) is 11.5 Å². The van der Waals surface area contributed by atoms with Gasteiger partial charge < -0.3 is 5.32 Å². The van der Waals surface area contributed by atoms with Gasteiger partial charge in [-0.3, -0.25) is 0 Å². The number of pyridine rings is 1. The molecule has 0 radical (unpaired) electrons. The van der Waals surface area contributed by atoms with Crippen molar-refractivity contribution in [3.8, 4) is 6.07 Å². The molecule has 0 spiro atoms. The molecule has 2 aromatic heterocycles. The topological polar surface area (TPSA) is 103 Å². The van der Waals surface area contributed by atoms with E-state index in [4.69, 9.17) is 5.26 Å². The fourth-order valence-electron chi connectivity index (χ4n) is 1.21. The van der Waals surface area contributed by atoms with Gasteiger partial charge in [-0.05, 0) is 19.1 Å². The number of nitrogens with zero attached hydrogens (tertiary/aromatic N) is 5. The second-order valence-corrected chi connectivity index (χ2v) is 3.18. The molecule has 7 nitrogen and oxygen atoms in total. The number of hydrogen-bond donors (Lipinski definition) is 2. The lowest BCUT2D eigenvalue weighted by atomic mass is 10.3. The highest BCUT2D eigenvalue weighted by atomic mass is 15.5. The number of aromatic amines is 1. The van der Waals surface area contributed by atoms with Crippen LogP contribution in [0.2, 0.25) is 0 Å². The van der Waals surface area contributed by atoms with Crippen LogP contribution in [0.1, 0.15) is 24.5 Å². The fraction of sp³-hybridized carbons (Fsp3) is 0.222. The van der Waals surface area contributed by atoms with Crippen molar-refractivity contribution in [2.75, 3.05) is 5.32 Å². The first-order chi connectivity index (χ1) is 7.79. The summed E-state index contributed by atoms with van der Waals surface area (Å²) in [4.78, 5) is 3.94. The Morgan fingerprint density at radius 2 is 2.38 bits per heavy atom. The van der Waals surface area contributed by atoms with E-state index in [1.165, 1.54) is 0 Å². The molecule has 0 aliphatic rings. The fourth-order valence-corrected chi connectivity index (χ4v) is 1.21. The molecule has 16 heavy (non-hydrogen) atoms. The molecule has 1 atom stereocenters. The van der Waals surface area contributed by atoms with Gasteiger partial charge in [0.2, 0.25) is 0 Å². The Morgan fingerprint density at radius 1 is 1.50 bits per heavy atom. The Hall–Kier alpha value is -2.49. The smallest absolute Gasteiger partial charge is 0.196 e. The first kappa shape index (κ1) is 10.0. The first-order valence-electron chi connectivity index (χ1n) is 4.65. The molecule has 0 fully saturated rings. The summed E-state index contributed by atoms with van der Waals surface area (Å²) >= 11 is 0. The third kappa shape index (κ3) is 2.12. The highest BCUT2D eigenvalue weighted by molar-refractivity contribution is 5.43. The largest absolute Gasteiger partial charge is 0.374 e. The third-order valence-corrected chi connectivity index (χ3v) is 2.01. The van der Waals surface area contributed by atoms with Crippen molar-refractivity contribution in [3.63, 3.8) is 0 Å². The molecule has 0 aliphatic heterocycles. The van der Waals surface area contributed by atoms with Crippen molar-refractivity contribution in [1.29, 1.82) is 5.26 Å². The average Bonchev–Trinajstić information content (AvgIpc) is 2.83. The maximum atomic E-state index is 8.60. The number of anilines is 1. The van der Waals surface area contributed by atoms with Crippen LogP contribution in [-0.4, -0.2) is 25.6 Å². The van der Waals surface area contributed by atoms with E-state index in [-0.39, 0.29) is 6.04 Å². The van der Waals surface area contributed by atoms with Gasteiger partial charge in [0, 0.05) is 0 Å². The predicted octanol–water partition coefficient (Wildman–Crippen LogP) is 0.639. The molecule has 7 heteroatoms. The van der Waals surface area contributed by atoms with Crippen LogP contribution < -0.4 is 5.32 Å². The summed E-state index contributed by atoms with van der Waals surface area (Å²) in [6.07, 6.45) is 1.59. The summed E-state index contributed by atoms with van der Waals surface area (Å²) in [6, 6.07) is 5.31. The van der Waals surface area contributed by atoms with Gasteiger partial charge in [0.25, 0.3) is 0 Å². The summed E-state index contributed by atoms with van der Waals surface area (Å²) in [6.45, 7) is 1.91. The van der Waals surface area contributed by atoms with Crippen LogP contribution in [-0.2, 0) is 0 Å². The van der Waals surface area contributed by atoms with Crippen molar-refractivity contribution in [3.05, 3.63) is 29.8 Å². The van der Waals surface area contributed by atoms with Gasteiger partial charge >= 0.3 is 0 Å². The van der Waals surface area contributed by atoms with Crippen LogP contribution in [0.4, 0.5) is 5.69 Å². The zero-order chi connectivity index (χ0) is 11.4. The van der Waals surface area contributed by atoms with Crippen LogP contribution in [0.25, 0.3) is 0 Å². The lowest BCUT2D eigenvalue weighted by Gasteiger charge is -2.10. The summed E-state index contributed by atoms with van der Waals surface area (Å²) in [5.41, 5.74) is 1.19. The van der Waals surface area contributed by atoms with E-state index in [1.54, 1.807) is 18.3 Å². The molecule has 0 bridgehead atoms. The molecule has 2 rings (SSSR count). The molecule has 0 aliphatic carbocycles. The summed E-state index contributed by atoms with van der Waals surface area (Å²) in [5.74, 6) is 0.573. The number of aromatic nitrogens is 5. The van der Waals surface area contributed by atoms with Gasteiger partial charge in [0.05, 0.1) is 17.9 Å². The Bertz CT molecular complexity index is 482. The van der Waals surface area contributed by atoms with Gasteiger partial charge in [0.15, 0.2) is 5.82 Å². The van der Waals surface area contributed by atoms with Crippen LogP contribution in [0, 0.1) is 11.3 Å². The Balaban J connectivity index is 2.07. The van der Waals surface area contributed by atoms with E-state index >= 15 is 0 Å². The lowest BCUT2D eigenvalue weighted by Crippen LogP contribution is -2.08. The van der Waals surface area contributed by atoms with Crippen molar-refractivity contribution < 1.29 is 0 Å². The van der Waals surface area contributed by atoms with Gasteiger partial charge in [-0.2, -0.15) is 10.5 Å². The van der Waals surface area contributed by atoms with Gasteiger partial charge in [0.1, 0.15) is 11.8 Å². The minimum atomic E-state index is -0.0755. The Kier molecular flexibility index (Phi) is 2.73. The minimum Gasteiger partial charge on any atom is -0.374 e. The molecular weight excluding hydrogens is 206 g/mol. The van der Waals surface area contributed by atoms with Crippen molar-refractivity contribution in [2.24, 2.45) is 0 Å². The SMILES string of the molecule is CC(Nc1ccc(C#N)nc1)c1nn[nH]n1. The maximum absolute atomic E-state index is 8.60. The monoisotopic (exact) mass is 215 g/mol. The summed E-state index contributed by atoms with van der Waals surface area (Å²) < 4.78 is 0. The standard InChI is InChI=1S/C9H9N7/c1-6(9-13-15-16-14-9)12-8-3-2-7(4-10)11-5-8/h2-3,5-6,12H,1H3,(H,13,14,15,16). The quantitative estimate of drug-likeness (QED) is 0.778. The molecule has 0 saturated heterocycles. The average molecular weight is 215 g/mol. The third-order valence-electron chi connectivity index (χ3n) is 2.01. The zero-order valence-corrected chi connectivity index (χ0v) is 8.55. The molecule has 0 amide bonds. The second kappa shape index (κ2) is 4.35. The van der Waals surface area contributed by atoms with Crippen molar-refractivity contribution in [2.45, 2.75) is 13.0 Å². The van der Waals surface area contributed by atoms with E-state index in [1.807, 2.05) is 13.0 Å². The zero-order valence-electron chi connectivity index (χ0n) is 8.55. The summed E-state index contributed by atoms with van der Waals surface area (Å²) in [5, 5.41) is 25.3. The molecule has 2 aromatic rings. The van der Waals surface area contributed by atoms with Crippen molar-refractivity contribution >= 4 is 5.69 Å². The number of nitriles is 1. The predicted molar refractivity (Wildman–Crippen MR) is 55.2 cm³/mol. The number of H-pyrrole nitrogens is 1. The van der Waals surface area contributed by atoms with Crippen molar-refractivity contribution in [1.82, 2.24) is 25.6 Å². The number of hydrogen-bond acceptors (Lipinski definition) is 6. The highest BCUT2D eigenvalue weighted by Crippen LogP contribution is 2.14. The Morgan fingerprint density at radius 3 is 2.94 bits per heavy atom. The number of tetrazole rings is 1.